The number of aliphatic hydroxyl groups is 1. The Morgan fingerprint density at radius 3 is 2.17 bits per heavy atom. The van der Waals surface area contributed by atoms with Crippen LogP contribution in [0.1, 0.15) is 126 Å². The van der Waals surface area contributed by atoms with Gasteiger partial charge in [-0.25, -0.2) is 0 Å². The molecule has 5 aliphatic rings. The molecule has 0 aromatic rings. The number of carbonyl (C=O) groups excluding carboxylic acids is 4. The molecule has 15 atom stereocenters. The lowest BCUT2D eigenvalue weighted by Gasteiger charge is -2.43. The fourth-order valence-corrected chi connectivity index (χ4v) is 11.8. The van der Waals surface area contributed by atoms with Gasteiger partial charge < -0.3 is 62.1 Å². The Morgan fingerprint density at radius 2 is 1.47 bits per heavy atom. The van der Waals surface area contributed by atoms with Crippen LogP contribution in [-0.2, 0) is 71.3 Å². The molecule has 1 saturated carbocycles. The number of Topliss-reactive ketones (excluding diaryl/α,β-unsaturated/α-hetero) is 3. The number of nitrogens with zero attached hydrogens (tertiary/aromatic N) is 1. The summed E-state index contributed by atoms with van der Waals surface area (Å²) in [5.74, 6) is -5.54. The molecule has 0 unspecified atom stereocenters. The van der Waals surface area contributed by atoms with E-state index in [1.54, 1.807) is 33.2 Å². The number of carbonyl (C=O) groups is 4. The Labute approximate surface area is 466 Å². The second-order valence-corrected chi connectivity index (χ2v) is 22.9. The lowest BCUT2D eigenvalue weighted by molar-refractivity contribution is -0.266. The smallest absolute Gasteiger partial charge is 0.296 e. The maximum Gasteiger partial charge on any atom is 0.296 e. The number of piperidine rings is 1. The topological polar surface area (TPSA) is 193 Å². The molecule has 4 fully saturated rings. The van der Waals surface area contributed by atoms with Gasteiger partial charge in [-0.2, -0.15) is 0 Å². The predicted octanol–water partition coefficient (Wildman–Crippen LogP) is 7.78. The Balaban J connectivity index is 1.42. The lowest BCUT2D eigenvalue weighted by Crippen LogP contribution is -2.60. The van der Waals surface area contributed by atoms with Gasteiger partial charge in [0.25, 0.3) is 11.7 Å². The number of ether oxygens (including phenoxy) is 11. The van der Waals surface area contributed by atoms with Gasteiger partial charge in [0.05, 0.1) is 96.0 Å². The van der Waals surface area contributed by atoms with E-state index in [2.05, 4.69) is 19.9 Å². The van der Waals surface area contributed by atoms with Crippen molar-refractivity contribution in [1.82, 2.24) is 4.90 Å². The standard InChI is InChI=1S/C61H99NO16/c1-40-17-13-12-14-18-41(2)53(76-30-27-72-26-29-74-50-38-73-39-50)35-49-22-20-46(7)61(67,78-49)59(65)60(66)62-24-16-15-19-48(62)37-77-54(43(4)33-47-21-23-52(55(34-47)69-9)75-28-25-68-8)36-51(63)42(3)32-45(6)57(70-10)58(71-11)56(64)44(5)31-40/h12-14,17-18,32,40,42-44,46-50,52-55,57-58,67H,15-16,19-31,33-39H2,1-11H3/b14-12+,17-13+,41-18+,45-32+/t40-,42-,43-,44-,46-,47+,48+,49+,52-,53+,54+,55-,57-,58+,61-/m1/s1. The summed E-state index contributed by atoms with van der Waals surface area (Å²) >= 11 is 0. The van der Waals surface area contributed by atoms with Crippen molar-refractivity contribution in [2.45, 2.75) is 186 Å². The van der Waals surface area contributed by atoms with Gasteiger partial charge in [0.1, 0.15) is 24.1 Å². The van der Waals surface area contributed by atoms with Crippen molar-refractivity contribution in [3.05, 3.63) is 47.6 Å². The molecule has 0 aromatic heterocycles. The maximum absolute atomic E-state index is 14.6. The van der Waals surface area contributed by atoms with Gasteiger partial charge in [-0.15, -0.1) is 0 Å². The number of rotatable bonds is 18. The molecule has 0 spiro atoms. The van der Waals surface area contributed by atoms with Gasteiger partial charge in [-0.3, -0.25) is 19.2 Å². The number of methoxy groups -OCH3 is 4. The zero-order chi connectivity index (χ0) is 56.8. The molecule has 4 aliphatic heterocycles. The van der Waals surface area contributed by atoms with E-state index in [0.717, 1.165) is 37.7 Å². The van der Waals surface area contributed by atoms with Crippen LogP contribution in [0.5, 0.6) is 0 Å². The van der Waals surface area contributed by atoms with E-state index >= 15 is 0 Å². The minimum Gasteiger partial charge on any atom is -0.382 e. The van der Waals surface area contributed by atoms with Gasteiger partial charge in [-0.05, 0) is 107 Å². The molecule has 17 nitrogen and oxygen atoms in total. The highest BCUT2D eigenvalue weighted by Gasteiger charge is 2.52. The van der Waals surface area contributed by atoms with Crippen molar-refractivity contribution in [1.29, 1.82) is 0 Å². The first-order chi connectivity index (χ1) is 37.4. The fourth-order valence-electron chi connectivity index (χ4n) is 11.8. The van der Waals surface area contributed by atoms with E-state index in [9.17, 15) is 24.3 Å². The van der Waals surface area contributed by atoms with Gasteiger partial charge in [0.2, 0.25) is 5.79 Å². The number of hydrogen-bond donors (Lipinski definition) is 1. The van der Waals surface area contributed by atoms with E-state index in [4.69, 9.17) is 52.1 Å². The third kappa shape index (κ3) is 19.6. The molecule has 5 rings (SSSR count). The Bertz CT molecular complexity index is 1970. The number of fused-ring (bicyclic) bond motifs is 3. The summed E-state index contributed by atoms with van der Waals surface area (Å²) in [6.45, 7) is 17.6. The first-order valence-corrected chi connectivity index (χ1v) is 29.1. The van der Waals surface area contributed by atoms with Crippen molar-refractivity contribution < 1.29 is 76.4 Å². The molecule has 0 radical (unpaired) electrons. The van der Waals surface area contributed by atoms with E-state index < -0.39 is 65.9 Å². The highest BCUT2D eigenvalue weighted by molar-refractivity contribution is 6.38. The molecule has 3 saturated heterocycles. The predicted molar refractivity (Wildman–Crippen MR) is 296 cm³/mol. The minimum atomic E-state index is -2.35. The fraction of sp³-hybridized carbons (Fsp3) is 0.803. The second kappa shape index (κ2) is 33.8. The van der Waals surface area contributed by atoms with Gasteiger partial charge in [0, 0.05) is 65.6 Å². The highest BCUT2D eigenvalue weighted by atomic mass is 16.6. The molecule has 1 N–H and O–H groups in total. The van der Waals surface area contributed by atoms with Crippen molar-refractivity contribution in [2.75, 3.05) is 94.4 Å². The number of allylic oxidation sites excluding steroid dienone is 6. The van der Waals surface area contributed by atoms with Crippen LogP contribution in [0.15, 0.2) is 47.6 Å². The Kier molecular flexibility index (Phi) is 28.5. The molecule has 1 aliphatic carbocycles. The SMILES string of the molecule is COCCO[C@@H]1CC[C@@H](C[C@@H](C)[C@@H]2CC(=O)[C@H](C)/C=C(\C)[C@@H](OC)[C@@H](OC)C(=O)[C@H](C)C[C@H](C)/C=C/C=C/C=C(\C)[C@@H](OCCOCCOC3COC3)C[C@@H]3CC[C@@H](C)[C@@](O)(O3)C(=O)C(=O)N3CCCC[C@H]3CO2)C[C@H]1OC. The maximum atomic E-state index is 14.6. The molecule has 4 heterocycles. The number of hydrogen-bond acceptors (Lipinski definition) is 16. The van der Waals surface area contributed by atoms with Crippen molar-refractivity contribution >= 4 is 23.3 Å². The summed E-state index contributed by atoms with van der Waals surface area (Å²) in [7, 11) is 6.44. The summed E-state index contributed by atoms with van der Waals surface area (Å²) in [6.07, 6.45) is 15.9. The van der Waals surface area contributed by atoms with Gasteiger partial charge >= 0.3 is 0 Å². The third-order valence-electron chi connectivity index (χ3n) is 16.8. The van der Waals surface area contributed by atoms with Crippen LogP contribution < -0.4 is 0 Å². The molecule has 17 heteroatoms. The summed E-state index contributed by atoms with van der Waals surface area (Å²) < 4.78 is 65.6. The molecule has 0 aromatic carbocycles. The van der Waals surface area contributed by atoms with E-state index in [1.807, 2.05) is 58.1 Å². The molecule has 2 bridgehead atoms. The summed E-state index contributed by atoms with van der Waals surface area (Å²) in [6, 6.07) is -0.475. The van der Waals surface area contributed by atoms with Crippen LogP contribution in [0, 0.1) is 35.5 Å². The molecule has 1 amide bonds. The quantitative estimate of drug-likeness (QED) is 0.0794. The minimum absolute atomic E-state index is 0.0356. The number of amides is 1. The second-order valence-electron chi connectivity index (χ2n) is 22.9. The van der Waals surface area contributed by atoms with Crippen LogP contribution in [0.3, 0.4) is 0 Å². The zero-order valence-electron chi connectivity index (χ0n) is 49.2. The van der Waals surface area contributed by atoms with E-state index in [1.165, 1.54) is 7.11 Å². The Morgan fingerprint density at radius 1 is 0.744 bits per heavy atom. The van der Waals surface area contributed by atoms with E-state index in [-0.39, 0.29) is 73.2 Å². The summed E-state index contributed by atoms with van der Waals surface area (Å²) in [5, 5.41) is 12.3. The lowest BCUT2D eigenvalue weighted by atomic mass is 9.78. The van der Waals surface area contributed by atoms with E-state index in [0.29, 0.717) is 96.9 Å². The molecule has 444 valence electrons. The van der Waals surface area contributed by atoms with Crippen molar-refractivity contribution in [3.63, 3.8) is 0 Å². The summed E-state index contributed by atoms with van der Waals surface area (Å²) in [4.78, 5) is 59.3. The largest absolute Gasteiger partial charge is 0.382 e. The Hall–Kier alpha value is -3.04. The highest BCUT2D eigenvalue weighted by Crippen LogP contribution is 2.38. The van der Waals surface area contributed by atoms with Crippen molar-refractivity contribution in [2.24, 2.45) is 35.5 Å². The van der Waals surface area contributed by atoms with Crippen LogP contribution >= 0.6 is 0 Å². The monoisotopic (exact) mass is 1100 g/mol. The van der Waals surface area contributed by atoms with Crippen LogP contribution in [0.2, 0.25) is 0 Å². The first kappa shape index (κ1) is 65.8. The third-order valence-corrected chi connectivity index (χ3v) is 16.8. The summed E-state index contributed by atoms with van der Waals surface area (Å²) in [5.41, 5.74) is 1.61. The first-order valence-electron chi connectivity index (χ1n) is 29.1. The average Bonchev–Trinajstić information content (AvgIpc) is 3.44. The van der Waals surface area contributed by atoms with Gasteiger partial charge in [-0.1, -0.05) is 71.1 Å². The van der Waals surface area contributed by atoms with Crippen molar-refractivity contribution in [3.8, 4) is 0 Å². The van der Waals surface area contributed by atoms with Crippen LogP contribution in [0.4, 0.5) is 0 Å². The average molecular weight is 1100 g/mol. The number of ketones is 3. The molecular weight excluding hydrogens is 1000 g/mol. The van der Waals surface area contributed by atoms with Crippen LogP contribution in [0.25, 0.3) is 0 Å². The normalized spacial score (nSPS) is 36.9. The van der Waals surface area contributed by atoms with Crippen LogP contribution in [-0.4, -0.2) is 188 Å². The zero-order valence-corrected chi connectivity index (χ0v) is 49.2. The molecular formula is C61H99NO16. The van der Waals surface area contributed by atoms with Gasteiger partial charge in [0.15, 0.2) is 5.78 Å². The molecule has 78 heavy (non-hydrogen) atoms.